The smallest absolute Gasteiger partial charge is 0.269 e. The second-order valence-electron chi connectivity index (χ2n) is 6.89. The van der Waals surface area contributed by atoms with Crippen molar-refractivity contribution in [2.75, 3.05) is 0 Å². The van der Waals surface area contributed by atoms with Crippen LogP contribution in [0.4, 0.5) is 13.2 Å². The van der Waals surface area contributed by atoms with Gasteiger partial charge in [0.25, 0.3) is 5.56 Å². The summed E-state index contributed by atoms with van der Waals surface area (Å²) in [6.45, 7) is 3.47. The monoisotopic (exact) mass is 384 g/mol. The number of rotatable bonds is 2. The number of aryl methyl sites for hydroxylation is 1. The summed E-state index contributed by atoms with van der Waals surface area (Å²) in [7, 11) is 0. The number of hydrogen-bond donors (Lipinski definition) is 0. The fourth-order valence-corrected chi connectivity index (χ4v) is 3.65. The quantitative estimate of drug-likeness (QED) is 0.700. The van der Waals surface area contributed by atoms with Crippen molar-refractivity contribution in [3.05, 3.63) is 56.7 Å². The van der Waals surface area contributed by atoms with Crippen LogP contribution in [0.1, 0.15) is 48.7 Å². The molecular weight excluding hydrogens is 365 g/mol. The maximum Gasteiger partial charge on any atom is 0.391 e. The van der Waals surface area contributed by atoms with Crippen LogP contribution in [0.2, 0.25) is 5.02 Å². The van der Waals surface area contributed by atoms with Gasteiger partial charge in [-0.2, -0.15) is 13.2 Å². The van der Waals surface area contributed by atoms with Gasteiger partial charge in [-0.3, -0.25) is 9.36 Å². The van der Waals surface area contributed by atoms with Crippen LogP contribution in [0.3, 0.4) is 0 Å². The Kier molecular flexibility index (Phi) is 5.15. The normalized spacial score (nSPS) is 21.0. The highest BCUT2D eigenvalue weighted by atomic mass is 35.5. The zero-order valence-electron chi connectivity index (χ0n) is 14.6. The van der Waals surface area contributed by atoms with Crippen molar-refractivity contribution >= 4 is 11.6 Å². The van der Waals surface area contributed by atoms with Crippen molar-refractivity contribution < 1.29 is 13.2 Å². The summed E-state index contributed by atoms with van der Waals surface area (Å²) in [5.74, 6) is -0.890. The van der Waals surface area contributed by atoms with Crippen molar-refractivity contribution in [2.45, 2.75) is 51.6 Å². The van der Waals surface area contributed by atoms with Gasteiger partial charge in [-0.15, -0.1) is 0 Å². The highest BCUT2D eigenvalue weighted by molar-refractivity contribution is 6.30. The van der Waals surface area contributed by atoms with Crippen LogP contribution in [0.25, 0.3) is 5.69 Å². The average molecular weight is 385 g/mol. The molecule has 1 aliphatic carbocycles. The minimum Gasteiger partial charge on any atom is -0.269 e. The molecule has 0 aliphatic heterocycles. The Bertz CT molecular complexity index is 851. The highest BCUT2D eigenvalue weighted by Gasteiger charge is 2.42. The third-order valence-corrected chi connectivity index (χ3v) is 5.47. The van der Waals surface area contributed by atoms with Gasteiger partial charge in [0.1, 0.15) is 5.82 Å². The predicted molar refractivity (Wildman–Crippen MR) is 95.1 cm³/mol. The first-order valence-corrected chi connectivity index (χ1v) is 8.99. The van der Waals surface area contributed by atoms with Gasteiger partial charge in [-0.05, 0) is 63.8 Å². The van der Waals surface area contributed by atoms with Crippen LogP contribution in [0.15, 0.2) is 29.1 Å². The van der Waals surface area contributed by atoms with Gasteiger partial charge >= 0.3 is 6.18 Å². The topological polar surface area (TPSA) is 34.9 Å². The Morgan fingerprint density at radius 2 is 1.65 bits per heavy atom. The molecule has 1 aliphatic rings. The maximum absolute atomic E-state index is 13.0. The van der Waals surface area contributed by atoms with E-state index in [-0.39, 0.29) is 24.3 Å². The van der Waals surface area contributed by atoms with Crippen molar-refractivity contribution in [3.8, 4) is 5.69 Å². The standard InChI is InChI=1S/C19H20ClF3N2O/c1-11-12(2)24-17(13-3-5-14(6-4-13)19(21,22)23)25(18(11)26)16-9-7-15(20)8-10-16/h7-10,13-14H,3-6H2,1-2H3/t13-,14+. The lowest BCUT2D eigenvalue weighted by Gasteiger charge is -2.31. The van der Waals surface area contributed by atoms with Crippen LogP contribution in [0, 0.1) is 19.8 Å². The molecule has 0 unspecified atom stereocenters. The molecule has 0 atom stereocenters. The number of nitrogens with zero attached hydrogens (tertiary/aromatic N) is 2. The lowest BCUT2D eigenvalue weighted by molar-refractivity contribution is -0.182. The van der Waals surface area contributed by atoms with Gasteiger partial charge in [-0.1, -0.05) is 11.6 Å². The number of halogens is 4. The molecular formula is C19H20ClF3N2O. The van der Waals surface area contributed by atoms with Gasteiger partial charge in [-0.25, -0.2) is 4.98 Å². The molecule has 0 bridgehead atoms. The van der Waals surface area contributed by atoms with Gasteiger partial charge in [0, 0.05) is 22.2 Å². The lowest BCUT2D eigenvalue weighted by atomic mass is 9.81. The molecule has 2 aromatic rings. The number of benzene rings is 1. The Morgan fingerprint density at radius 3 is 2.19 bits per heavy atom. The molecule has 140 valence electrons. The Labute approximate surface area is 154 Å². The van der Waals surface area contributed by atoms with E-state index < -0.39 is 12.1 Å². The van der Waals surface area contributed by atoms with Crippen molar-refractivity contribution in [1.82, 2.24) is 9.55 Å². The zero-order chi connectivity index (χ0) is 19.1. The van der Waals surface area contributed by atoms with E-state index in [1.165, 1.54) is 4.57 Å². The summed E-state index contributed by atoms with van der Waals surface area (Å²) < 4.78 is 40.4. The molecule has 1 fully saturated rings. The third kappa shape index (κ3) is 3.65. The first-order chi connectivity index (χ1) is 12.2. The summed E-state index contributed by atoms with van der Waals surface area (Å²) in [5.41, 5.74) is 1.59. The van der Waals surface area contributed by atoms with E-state index in [0.717, 1.165) is 0 Å². The summed E-state index contributed by atoms with van der Waals surface area (Å²) in [4.78, 5) is 17.5. The van der Waals surface area contributed by atoms with Crippen LogP contribution in [-0.2, 0) is 0 Å². The fourth-order valence-electron chi connectivity index (χ4n) is 3.52. The molecule has 26 heavy (non-hydrogen) atoms. The lowest BCUT2D eigenvalue weighted by Crippen LogP contribution is -2.32. The van der Waals surface area contributed by atoms with E-state index >= 15 is 0 Å². The van der Waals surface area contributed by atoms with Crippen LogP contribution in [-0.4, -0.2) is 15.7 Å². The molecule has 0 saturated heterocycles. The van der Waals surface area contributed by atoms with Gasteiger partial charge in [0.05, 0.1) is 11.6 Å². The SMILES string of the molecule is Cc1nc([C@H]2CC[C@@H](C(F)(F)F)CC2)n(-c2ccc(Cl)cc2)c(=O)c1C. The Hall–Kier alpha value is -1.82. The summed E-state index contributed by atoms with van der Waals surface area (Å²) >= 11 is 5.93. The number of hydrogen-bond acceptors (Lipinski definition) is 2. The summed E-state index contributed by atoms with van der Waals surface area (Å²) in [6.07, 6.45) is -3.29. The number of alkyl halides is 3. The molecule has 3 nitrogen and oxygen atoms in total. The van der Waals surface area contributed by atoms with Gasteiger partial charge in [0.15, 0.2) is 0 Å². The molecule has 1 saturated carbocycles. The second kappa shape index (κ2) is 7.06. The fraction of sp³-hybridized carbons (Fsp3) is 0.474. The largest absolute Gasteiger partial charge is 0.391 e. The number of aromatic nitrogens is 2. The molecule has 7 heteroatoms. The summed E-state index contributed by atoms with van der Waals surface area (Å²) in [6, 6.07) is 6.82. The predicted octanol–water partition coefficient (Wildman–Crippen LogP) is 5.34. The van der Waals surface area contributed by atoms with E-state index in [1.807, 2.05) is 0 Å². The van der Waals surface area contributed by atoms with Gasteiger partial charge < -0.3 is 0 Å². The molecule has 3 rings (SSSR count). The van der Waals surface area contributed by atoms with Crippen molar-refractivity contribution in [3.63, 3.8) is 0 Å². The molecule has 0 radical (unpaired) electrons. The molecule has 0 N–H and O–H groups in total. The van der Waals surface area contributed by atoms with E-state index in [2.05, 4.69) is 4.98 Å². The van der Waals surface area contributed by atoms with Crippen molar-refractivity contribution in [1.29, 1.82) is 0 Å². The molecule has 1 heterocycles. The van der Waals surface area contributed by atoms with E-state index in [1.54, 1.807) is 38.1 Å². The maximum atomic E-state index is 13.0. The average Bonchev–Trinajstić information content (AvgIpc) is 2.60. The van der Waals surface area contributed by atoms with Crippen LogP contribution in [0.5, 0.6) is 0 Å². The summed E-state index contributed by atoms with van der Waals surface area (Å²) in [5, 5.41) is 0.547. The molecule has 1 aromatic carbocycles. The molecule has 0 amide bonds. The Morgan fingerprint density at radius 1 is 1.08 bits per heavy atom. The first kappa shape index (κ1) is 19.0. The van der Waals surface area contributed by atoms with Crippen LogP contribution >= 0.6 is 11.6 Å². The van der Waals surface area contributed by atoms with Gasteiger partial charge in [0.2, 0.25) is 0 Å². The van der Waals surface area contributed by atoms with E-state index in [9.17, 15) is 18.0 Å². The van der Waals surface area contributed by atoms with E-state index in [0.29, 0.717) is 40.6 Å². The van der Waals surface area contributed by atoms with Crippen molar-refractivity contribution in [2.24, 2.45) is 5.92 Å². The van der Waals surface area contributed by atoms with Crippen LogP contribution < -0.4 is 5.56 Å². The highest BCUT2D eigenvalue weighted by Crippen LogP contribution is 2.42. The zero-order valence-corrected chi connectivity index (χ0v) is 15.4. The third-order valence-electron chi connectivity index (χ3n) is 5.22. The second-order valence-corrected chi connectivity index (χ2v) is 7.32. The minimum absolute atomic E-state index is 0.0670. The minimum atomic E-state index is -4.16. The molecule has 1 aromatic heterocycles. The first-order valence-electron chi connectivity index (χ1n) is 8.61. The van der Waals surface area contributed by atoms with E-state index in [4.69, 9.17) is 11.6 Å². The molecule has 0 spiro atoms. The Balaban J connectivity index is 2.02.